The van der Waals surface area contributed by atoms with Gasteiger partial charge in [-0.1, -0.05) is 0 Å². The molecule has 0 saturated carbocycles. The van der Waals surface area contributed by atoms with Gasteiger partial charge in [-0.3, -0.25) is 4.90 Å². The molecule has 1 saturated heterocycles. The largest absolute Gasteiger partial charge is 0.379 e. The van der Waals surface area contributed by atoms with Crippen molar-refractivity contribution < 1.29 is 4.74 Å². The molecule has 1 atom stereocenters. The number of thiophene rings is 1. The average Bonchev–Trinajstić information content (AvgIpc) is 2.56. The number of halogens is 1. The van der Waals surface area contributed by atoms with Crippen LogP contribution >= 0.6 is 27.3 Å². The maximum Gasteiger partial charge on any atom is 0.0619 e. The minimum Gasteiger partial charge on any atom is -0.379 e. The van der Waals surface area contributed by atoms with E-state index in [-0.39, 0.29) is 0 Å². The van der Waals surface area contributed by atoms with Crippen LogP contribution in [0.4, 0.5) is 0 Å². The molecular weight excluding hydrogens is 262 g/mol. The van der Waals surface area contributed by atoms with Gasteiger partial charge in [-0.25, -0.2) is 0 Å². The summed E-state index contributed by atoms with van der Waals surface area (Å²) in [7, 11) is 0. The summed E-state index contributed by atoms with van der Waals surface area (Å²) < 4.78 is 6.60. The van der Waals surface area contributed by atoms with Gasteiger partial charge in [0, 0.05) is 33.9 Å². The van der Waals surface area contributed by atoms with Crippen LogP contribution in [0.2, 0.25) is 0 Å². The number of nitrogens with zero attached hydrogens (tertiary/aromatic N) is 1. The van der Waals surface area contributed by atoms with Gasteiger partial charge in [0.05, 0.1) is 13.2 Å². The average molecular weight is 276 g/mol. The summed E-state index contributed by atoms with van der Waals surface area (Å²) in [5.41, 5.74) is 0. The van der Waals surface area contributed by atoms with Crippen LogP contribution in [-0.2, 0) is 11.3 Å². The normalized spacial score (nSPS) is 24.0. The Hall–Kier alpha value is 0.1000. The third-order valence-corrected chi connectivity index (χ3v) is 4.17. The van der Waals surface area contributed by atoms with Crippen molar-refractivity contribution in [1.29, 1.82) is 0 Å². The zero-order valence-electron chi connectivity index (χ0n) is 8.20. The highest BCUT2D eigenvalue weighted by molar-refractivity contribution is 9.10. The van der Waals surface area contributed by atoms with Crippen LogP contribution in [0.5, 0.6) is 0 Å². The molecule has 0 amide bonds. The second-order valence-electron chi connectivity index (χ2n) is 3.63. The second kappa shape index (κ2) is 4.75. The van der Waals surface area contributed by atoms with Gasteiger partial charge < -0.3 is 4.74 Å². The lowest BCUT2D eigenvalue weighted by Crippen LogP contribution is -2.42. The highest BCUT2D eigenvalue weighted by Crippen LogP contribution is 2.22. The molecule has 1 fully saturated rings. The quantitative estimate of drug-likeness (QED) is 0.823. The Morgan fingerprint density at radius 3 is 3.21 bits per heavy atom. The van der Waals surface area contributed by atoms with Crippen LogP contribution in [0.25, 0.3) is 0 Å². The number of morpholine rings is 1. The summed E-state index contributed by atoms with van der Waals surface area (Å²) in [5.74, 6) is 0. The molecule has 0 bridgehead atoms. The fourth-order valence-electron chi connectivity index (χ4n) is 1.63. The molecule has 4 heteroatoms. The molecule has 0 radical (unpaired) electrons. The molecule has 1 unspecified atom stereocenters. The zero-order chi connectivity index (χ0) is 9.97. The molecule has 0 spiro atoms. The topological polar surface area (TPSA) is 12.5 Å². The first-order valence-electron chi connectivity index (χ1n) is 4.80. The lowest BCUT2D eigenvalue weighted by molar-refractivity contribution is -0.00391. The van der Waals surface area contributed by atoms with Crippen molar-refractivity contribution >= 4 is 27.3 Å². The minimum atomic E-state index is 0.546. The van der Waals surface area contributed by atoms with Crippen molar-refractivity contribution in [3.05, 3.63) is 20.8 Å². The summed E-state index contributed by atoms with van der Waals surface area (Å²) >= 11 is 5.30. The van der Waals surface area contributed by atoms with Crippen molar-refractivity contribution in [2.45, 2.75) is 19.5 Å². The van der Waals surface area contributed by atoms with Crippen LogP contribution in [0.1, 0.15) is 11.8 Å². The van der Waals surface area contributed by atoms with Crippen molar-refractivity contribution in [3.63, 3.8) is 0 Å². The number of ether oxygens (including phenoxy) is 1. The van der Waals surface area contributed by atoms with Gasteiger partial charge in [0.15, 0.2) is 0 Å². The third-order valence-electron chi connectivity index (χ3n) is 2.49. The Morgan fingerprint density at radius 2 is 2.57 bits per heavy atom. The Balaban J connectivity index is 1.95. The third kappa shape index (κ3) is 2.57. The summed E-state index contributed by atoms with van der Waals surface area (Å²) in [6, 6.07) is 2.75. The van der Waals surface area contributed by atoms with E-state index in [1.807, 2.05) is 11.3 Å². The lowest BCUT2D eigenvalue weighted by Gasteiger charge is -2.32. The van der Waals surface area contributed by atoms with E-state index in [2.05, 4.69) is 39.2 Å². The van der Waals surface area contributed by atoms with Gasteiger partial charge in [0.2, 0.25) is 0 Å². The number of hydrogen-bond acceptors (Lipinski definition) is 3. The van der Waals surface area contributed by atoms with Gasteiger partial charge in [-0.05, 0) is 28.9 Å². The number of rotatable bonds is 2. The van der Waals surface area contributed by atoms with Crippen LogP contribution in [0.15, 0.2) is 15.9 Å². The van der Waals surface area contributed by atoms with E-state index in [0.717, 1.165) is 26.3 Å². The van der Waals surface area contributed by atoms with E-state index in [9.17, 15) is 0 Å². The van der Waals surface area contributed by atoms with Gasteiger partial charge in [-0.15, -0.1) is 11.3 Å². The monoisotopic (exact) mass is 275 g/mol. The van der Waals surface area contributed by atoms with Crippen molar-refractivity contribution in [1.82, 2.24) is 4.90 Å². The molecule has 2 rings (SSSR count). The lowest BCUT2D eigenvalue weighted by atomic mass is 10.2. The number of hydrogen-bond donors (Lipinski definition) is 0. The summed E-state index contributed by atoms with van der Waals surface area (Å²) in [6.07, 6.45) is 0. The summed E-state index contributed by atoms with van der Waals surface area (Å²) in [4.78, 5) is 3.90. The Kier molecular flexibility index (Phi) is 3.60. The van der Waals surface area contributed by atoms with Crippen LogP contribution in [0.3, 0.4) is 0 Å². The summed E-state index contributed by atoms with van der Waals surface area (Å²) in [5, 5.41) is 2.14. The molecule has 1 aliphatic rings. The zero-order valence-corrected chi connectivity index (χ0v) is 10.6. The van der Waals surface area contributed by atoms with E-state index in [1.54, 1.807) is 0 Å². The van der Waals surface area contributed by atoms with E-state index in [4.69, 9.17) is 4.74 Å². The first-order chi connectivity index (χ1) is 6.75. The van der Waals surface area contributed by atoms with E-state index in [1.165, 1.54) is 9.35 Å². The highest BCUT2D eigenvalue weighted by Gasteiger charge is 2.18. The molecule has 0 aliphatic carbocycles. The molecular formula is C10H14BrNOS. The smallest absolute Gasteiger partial charge is 0.0619 e. The van der Waals surface area contributed by atoms with Gasteiger partial charge in [0.25, 0.3) is 0 Å². The molecule has 2 nitrogen and oxygen atoms in total. The Labute approximate surface area is 97.0 Å². The van der Waals surface area contributed by atoms with Crippen LogP contribution in [0, 0.1) is 0 Å². The molecule has 2 heterocycles. The van der Waals surface area contributed by atoms with E-state index < -0.39 is 0 Å². The standard InChI is InChI=1S/C10H14BrNOS/c1-8-6-13-3-2-12(8)5-10-4-9(11)7-14-10/h4,7-8H,2-3,5-6H2,1H3. The maximum absolute atomic E-state index is 5.41. The Morgan fingerprint density at radius 1 is 1.71 bits per heavy atom. The van der Waals surface area contributed by atoms with Crippen molar-refractivity contribution in [3.8, 4) is 0 Å². The second-order valence-corrected chi connectivity index (χ2v) is 5.54. The molecule has 1 aromatic heterocycles. The minimum absolute atomic E-state index is 0.546. The summed E-state index contributed by atoms with van der Waals surface area (Å²) in [6.45, 7) is 6.07. The fraction of sp³-hybridized carbons (Fsp3) is 0.600. The first-order valence-corrected chi connectivity index (χ1v) is 6.47. The highest BCUT2D eigenvalue weighted by atomic mass is 79.9. The Bertz CT molecular complexity index is 302. The van der Waals surface area contributed by atoms with Crippen LogP contribution in [-0.4, -0.2) is 30.7 Å². The molecule has 0 N–H and O–H groups in total. The van der Waals surface area contributed by atoms with E-state index in [0.29, 0.717) is 6.04 Å². The van der Waals surface area contributed by atoms with E-state index >= 15 is 0 Å². The first kappa shape index (κ1) is 10.6. The predicted octanol–water partition coefficient (Wildman–Crippen LogP) is 2.73. The van der Waals surface area contributed by atoms with Gasteiger partial charge in [-0.2, -0.15) is 0 Å². The van der Waals surface area contributed by atoms with Crippen molar-refractivity contribution in [2.24, 2.45) is 0 Å². The van der Waals surface area contributed by atoms with Crippen molar-refractivity contribution in [2.75, 3.05) is 19.8 Å². The van der Waals surface area contributed by atoms with Gasteiger partial charge >= 0.3 is 0 Å². The molecule has 1 aliphatic heterocycles. The maximum atomic E-state index is 5.41. The van der Waals surface area contributed by atoms with Crippen LogP contribution < -0.4 is 0 Å². The molecule has 78 valence electrons. The fourth-order valence-corrected chi connectivity index (χ4v) is 3.11. The molecule has 14 heavy (non-hydrogen) atoms. The van der Waals surface area contributed by atoms with Gasteiger partial charge in [0.1, 0.15) is 0 Å². The molecule has 0 aromatic carbocycles. The molecule has 1 aromatic rings. The SMILES string of the molecule is CC1COCCN1Cc1cc(Br)cs1. The predicted molar refractivity (Wildman–Crippen MR) is 62.7 cm³/mol.